The zero-order valence-corrected chi connectivity index (χ0v) is 20.5. The lowest BCUT2D eigenvalue weighted by Gasteiger charge is -2.14. The minimum absolute atomic E-state index is 0.0442. The van der Waals surface area contributed by atoms with E-state index < -0.39 is 17.7 Å². The van der Waals surface area contributed by atoms with Gasteiger partial charge in [0, 0.05) is 11.3 Å². The van der Waals surface area contributed by atoms with Crippen LogP contribution in [0.25, 0.3) is 16.9 Å². The molecule has 3 aromatic carbocycles. The molecule has 6 heteroatoms. The molecule has 1 aromatic heterocycles. The molecule has 0 aliphatic carbocycles. The lowest BCUT2D eigenvalue weighted by atomic mass is 9.95. The van der Waals surface area contributed by atoms with E-state index in [0.29, 0.717) is 22.5 Å². The summed E-state index contributed by atoms with van der Waals surface area (Å²) in [6.45, 7) is 5.50. The highest BCUT2D eigenvalue weighted by atomic mass is 16.5. The summed E-state index contributed by atoms with van der Waals surface area (Å²) in [5.41, 5.74) is 3.04. The first kappa shape index (κ1) is 24.7. The van der Waals surface area contributed by atoms with Crippen LogP contribution in [0.5, 0.6) is 0 Å². The van der Waals surface area contributed by atoms with E-state index in [9.17, 15) is 14.4 Å². The van der Waals surface area contributed by atoms with Crippen molar-refractivity contribution in [1.29, 1.82) is 0 Å². The summed E-state index contributed by atoms with van der Waals surface area (Å²) in [5.74, 6) is -1.87. The van der Waals surface area contributed by atoms with E-state index >= 15 is 0 Å². The maximum atomic E-state index is 14.0. The van der Waals surface area contributed by atoms with Crippen molar-refractivity contribution in [3.8, 4) is 16.9 Å². The third-order valence-corrected chi connectivity index (χ3v) is 5.72. The number of hydrogen-bond acceptors (Lipinski definition) is 5. The first-order valence-corrected chi connectivity index (χ1v) is 11.8. The molecule has 0 aliphatic rings. The molecule has 182 valence electrons. The summed E-state index contributed by atoms with van der Waals surface area (Å²) in [4.78, 5) is 40.9. The van der Waals surface area contributed by atoms with Gasteiger partial charge in [-0.15, -0.1) is 0 Å². The number of carbonyl (C=O) groups excluding carboxylic acids is 3. The zero-order chi connectivity index (χ0) is 25.7. The van der Waals surface area contributed by atoms with Gasteiger partial charge in [-0.05, 0) is 38.5 Å². The van der Waals surface area contributed by atoms with E-state index in [1.807, 2.05) is 67.6 Å². The van der Waals surface area contributed by atoms with Crippen LogP contribution in [0.2, 0.25) is 0 Å². The Kier molecular flexibility index (Phi) is 7.44. The van der Waals surface area contributed by atoms with Gasteiger partial charge in [-0.3, -0.25) is 4.79 Å². The molecule has 0 atom stereocenters. The Bertz CT molecular complexity index is 1390. The van der Waals surface area contributed by atoms with Crippen LogP contribution in [0.1, 0.15) is 56.2 Å². The summed E-state index contributed by atoms with van der Waals surface area (Å²) in [7, 11) is 0. The number of carbonyl (C=O) groups is 3. The van der Waals surface area contributed by atoms with Crippen LogP contribution in [0.4, 0.5) is 0 Å². The highest BCUT2D eigenvalue weighted by molar-refractivity contribution is 6.21. The fourth-order valence-electron chi connectivity index (χ4n) is 4.14. The normalized spacial score (nSPS) is 10.6. The Balaban J connectivity index is 2.19. The lowest BCUT2D eigenvalue weighted by Crippen LogP contribution is -2.18. The van der Waals surface area contributed by atoms with Gasteiger partial charge < -0.3 is 14.0 Å². The smallest absolute Gasteiger partial charge is 0.356 e. The van der Waals surface area contributed by atoms with E-state index in [4.69, 9.17) is 9.47 Å². The first-order valence-electron chi connectivity index (χ1n) is 11.8. The molecular weight excluding hydrogens is 454 g/mol. The van der Waals surface area contributed by atoms with Crippen LogP contribution in [0.3, 0.4) is 0 Å². The molecule has 0 fully saturated rings. The van der Waals surface area contributed by atoms with Crippen molar-refractivity contribution in [3.63, 3.8) is 0 Å². The quantitative estimate of drug-likeness (QED) is 0.227. The first-order chi connectivity index (χ1) is 17.5. The molecule has 4 rings (SSSR count). The van der Waals surface area contributed by atoms with Gasteiger partial charge in [0.15, 0.2) is 5.78 Å². The van der Waals surface area contributed by atoms with Crippen molar-refractivity contribution in [3.05, 3.63) is 113 Å². The van der Waals surface area contributed by atoms with Crippen LogP contribution < -0.4 is 0 Å². The van der Waals surface area contributed by atoms with Gasteiger partial charge in [-0.1, -0.05) is 78.4 Å². The number of esters is 2. The topological polar surface area (TPSA) is 74.6 Å². The number of rotatable bonds is 8. The molecule has 0 saturated carbocycles. The molecule has 1 heterocycles. The Morgan fingerprint density at radius 1 is 0.694 bits per heavy atom. The summed E-state index contributed by atoms with van der Waals surface area (Å²) in [6, 6.07) is 25.4. The summed E-state index contributed by atoms with van der Waals surface area (Å²) < 4.78 is 12.4. The Labute approximate surface area is 210 Å². The Morgan fingerprint density at radius 3 is 1.83 bits per heavy atom. The number of nitrogens with zero attached hydrogens (tertiary/aromatic N) is 1. The van der Waals surface area contributed by atoms with Crippen molar-refractivity contribution >= 4 is 17.7 Å². The number of benzene rings is 3. The molecule has 0 bridgehead atoms. The van der Waals surface area contributed by atoms with Crippen LogP contribution in [0, 0.1) is 6.92 Å². The molecule has 0 amide bonds. The van der Waals surface area contributed by atoms with Gasteiger partial charge in [-0.2, -0.15) is 0 Å². The molecule has 6 nitrogen and oxygen atoms in total. The molecule has 0 aliphatic heterocycles. The monoisotopic (exact) mass is 481 g/mol. The fourth-order valence-corrected chi connectivity index (χ4v) is 4.14. The minimum Gasteiger partial charge on any atom is -0.462 e. The van der Waals surface area contributed by atoms with E-state index in [0.717, 1.165) is 5.56 Å². The van der Waals surface area contributed by atoms with Crippen LogP contribution in [-0.4, -0.2) is 35.5 Å². The maximum Gasteiger partial charge on any atom is 0.356 e. The molecule has 0 N–H and O–H groups in total. The van der Waals surface area contributed by atoms with Crippen molar-refractivity contribution in [2.45, 2.75) is 20.8 Å². The Morgan fingerprint density at radius 2 is 1.25 bits per heavy atom. The van der Waals surface area contributed by atoms with Crippen molar-refractivity contribution < 1.29 is 23.9 Å². The maximum absolute atomic E-state index is 14.0. The second-order valence-corrected chi connectivity index (χ2v) is 8.12. The highest BCUT2D eigenvalue weighted by Crippen LogP contribution is 2.37. The standard InChI is InChI=1S/C30H27NO5/c1-4-35-29(33)25-24(28(32)22-14-10-7-11-15-22)26(21-12-8-6-9-13-21)31(27(25)30(34)36-5-2)23-18-16-20(3)17-19-23/h6-19H,4-5H2,1-3H3. The van der Waals surface area contributed by atoms with E-state index in [-0.39, 0.29) is 30.0 Å². The van der Waals surface area contributed by atoms with Gasteiger partial charge in [0.2, 0.25) is 0 Å². The van der Waals surface area contributed by atoms with Crippen molar-refractivity contribution in [1.82, 2.24) is 4.57 Å². The number of aromatic nitrogens is 1. The number of ketones is 1. The summed E-state index contributed by atoms with van der Waals surface area (Å²) in [6.07, 6.45) is 0. The highest BCUT2D eigenvalue weighted by Gasteiger charge is 2.37. The van der Waals surface area contributed by atoms with Gasteiger partial charge >= 0.3 is 11.9 Å². The fraction of sp³-hybridized carbons (Fsp3) is 0.167. The van der Waals surface area contributed by atoms with Gasteiger partial charge in [0.25, 0.3) is 0 Å². The summed E-state index contributed by atoms with van der Waals surface area (Å²) in [5, 5.41) is 0. The predicted molar refractivity (Wildman–Crippen MR) is 138 cm³/mol. The van der Waals surface area contributed by atoms with Gasteiger partial charge in [0.1, 0.15) is 11.3 Å². The third kappa shape index (κ3) is 4.70. The predicted octanol–water partition coefficient (Wildman–Crippen LogP) is 6.04. The Hall–Kier alpha value is -4.45. The molecule has 36 heavy (non-hydrogen) atoms. The van der Waals surface area contributed by atoms with Crippen LogP contribution in [-0.2, 0) is 9.47 Å². The van der Waals surface area contributed by atoms with E-state index in [2.05, 4.69) is 0 Å². The van der Waals surface area contributed by atoms with Crippen molar-refractivity contribution in [2.24, 2.45) is 0 Å². The molecule has 0 unspecified atom stereocenters. The average Bonchev–Trinajstić information content (AvgIpc) is 3.26. The second-order valence-electron chi connectivity index (χ2n) is 8.12. The molecule has 4 aromatic rings. The number of aryl methyl sites for hydroxylation is 1. The number of ether oxygens (including phenoxy) is 2. The largest absolute Gasteiger partial charge is 0.462 e. The second kappa shape index (κ2) is 10.9. The average molecular weight is 482 g/mol. The van der Waals surface area contributed by atoms with E-state index in [1.165, 1.54) is 0 Å². The third-order valence-electron chi connectivity index (χ3n) is 5.72. The molecule has 0 radical (unpaired) electrons. The molecule has 0 spiro atoms. The lowest BCUT2D eigenvalue weighted by molar-refractivity contribution is 0.0472. The van der Waals surface area contributed by atoms with Crippen LogP contribution >= 0.6 is 0 Å². The van der Waals surface area contributed by atoms with Gasteiger partial charge in [-0.25, -0.2) is 9.59 Å². The van der Waals surface area contributed by atoms with Gasteiger partial charge in [0.05, 0.1) is 24.5 Å². The van der Waals surface area contributed by atoms with Crippen molar-refractivity contribution in [2.75, 3.05) is 13.2 Å². The molecular formula is C30H27NO5. The SMILES string of the molecule is CCOC(=O)c1c(C(=O)c2ccccc2)c(-c2ccccc2)n(-c2ccc(C)cc2)c1C(=O)OCC. The number of hydrogen-bond donors (Lipinski definition) is 0. The van der Waals surface area contributed by atoms with E-state index in [1.54, 1.807) is 42.7 Å². The zero-order valence-electron chi connectivity index (χ0n) is 20.5. The van der Waals surface area contributed by atoms with Crippen LogP contribution in [0.15, 0.2) is 84.9 Å². The minimum atomic E-state index is -0.761. The summed E-state index contributed by atoms with van der Waals surface area (Å²) >= 11 is 0. The molecule has 0 saturated heterocycles.